The second kappa shape index (κ2) is 5.49. The van der Waals surface area contributed by atoms with Crippen LogP contribution in [0.3, 0.4) is 0 Å². The molecule has 4 heteroatoms. The van der Waals surface area contributed by atoms with Gasteiger partial charge in [-0.2, -0.15) is 0 Å². The largest absolute Gasteiger partial charge is 0.493 e. The molecule has 1 aliphatic rings. The summed E-state index contributed by atoms with van der Waals surface area (Å²) in [7, 11) is 0. The number of carbonyl (C=O) groups is 2. The van der Waals surface area contributed by atoms with Gasteiger partial charge in [0.25, 0.3) is 0 Å². The van der Waals surface area contributed by atoms with Crippen LogP contribution in [0.4, 0.5) is 0 Å². The number of hydrogen-bond acceptors (Lipinski definition) is 4. The summed E-state index contributed by atoms with van der Waals surface area (Å²) in [4.78, 5) is 22.4. The Labute approximate surface area is 105 Å². The molecule has 1 heterocycles. The summed E-state index contributed by atoms with van der Waals surface area (Å²) < 4.78 is 10.1. The van der Waals surface area contributed by atoms with E-state index >= 15 is 0 Å². The molecule has 0 atom stereocenters. The summed E-state index contributed by atoms with van der Waals surface area (Å²) in [5.41, 5.74) is 1.15. The van der Waals surface area contributed by atoms with Crippen LogP contribution in [0.25, 0.3) is 6.08 Å². The van der Waals surface area contributed by atoms with Gasteiger partial charge < -0.3 is 9.47 Å². The lowest BCUT2D eigenvalue weighted by atomic mass is 10.1. The molecule has 1 saturated heterocycles. The zero-order chi connectivity index (χ0) is 13.0. The molecule has 0 aliphatic carbocycles. The number of benzene rings is 1. The van der Waals surface area contributed by atoms with Crippen molar-refractivity contribution >= 4 is 18.0 Å². The Morgan fingerprint density at radius 3 is 2.78 bits per heavy atom. The lowest BCUT2D eigenvalue weighted by molar-refractivity contribution is -0.151. The molecule has 1 aromatic rings. The predicted octanol–water partition coefficient (Wildman–Crippen LogP) is 2.33. The SMILES string of the molecule is CCCOc1ccccc1C=C1CC(=O)OC1=O. The predicted molar refractivity (Wildman–Crippen MR) is 65.9 cm³/mol. The first-order chi connectivity index (χ1) is 8.70. The van der Waals surface area contributed by atoms with Gasteiger partial charge in [-0.3, -0.25) is 4.79 Å². The lowest BCUT2D eigenvalue weighted by Gasteiger charge is -2.07. The molecule has 2 rings (SSSR count). The third-order valence-corrected chi connectivity index (χ3v) is 2.51. The van der Waals surface area contributed by atoms with E-state index in [1.54, 1.807) is 6.08 Å². The number of hydrogen-bond donors (Lipinski definition) is 0. The average Bonchev–Trinajstić information content (AvgIpc) is 2.67. The number of esters is 2. The van der Waals surface area contributed by atoms with E-state index in [1.807, 2.05) is 31.2 Å². The minimum absolute atomic E-state index is 0.0287. The summed E-state index contributed by atoms with van der Waals surface area (Å²) in [5.74, 6) is -0.359. The van der Waals surface area contributed by atoms with Gasteiger partial charge in [-0.15, -0.1) is 0 Å². The van der Waals surface area contributed by atoms with E-state index in [1.165, 1.54) is 0 Å². The monoisotopic (exact) mass is 246 g/mol. The van der Waals surface area contributed by atoms with Crippen molar-refractivity contribution in [3.8, 4) is 5.75 Å². The molecule has 0 bridgehead atoms. The number of ether oxygens (including phenoxy) is 2. The molecule has 0 amide bonds. The van der Waals surface area contributed by atoms with E-state index in [0.717, 1.165) is 12.0 Å². The average molecular weight is 246 g/mol. The van der Waals surface area contributed by atoms with Gasteiger partial charge in [0.15, 0.2) is 0 Å². The van der Waals surface area contributed by atoms with Gasteiger partial charge in [0, 0.05) is 11.1 Å². The van der Waals surface area contributed by atoms with Crippen molar-refractivity contribution in [1.29, 1.82) is 0 Å². The number of cyclic esters (lactones) is 2. The van der Waals surface area contributed by atoms with Crippen LogP contribution in [0, 0.1) is 0 Å². The molecule has 18 heavy (non-hydrogen) atoms. The van der Waals surface area contributed by atoms with E-state index in [-0.39, 0.29) is 6.42 Å². The van der Waals surface area contributed by atoms with Crippen molar-refractivity contribution in [3.63, 3.8) is 0 Å². The Morgan fingerprint density at radius 1 is 1.33 bits per heavy atom. The fraction of sp³-hybridized carbons (Fsp3) is 0.286. The van der Waals surface area contributed by atoms with Crippen LogP contribution >= 0.6 is 0 Å². The molecule has 0 spiro atoms. The van der Waals surface area contributed by atoms with Gasteiger partial charge in [-0.25, -0.2) is 4.79 Å². The maximum Gasteiger partial charge on any atom is 0.342 e. The molecule has 0 aromatic heterocycles. The van der Waals surface area contributed by atoms with E-state index in [9.17, 15) is 9.59 Å². The van der Waals surface area contributed by atoms with Crippen LogP contribution in [0.1, 0.15) is 25.3 Å². The summed E-state index contributed by atoms with van der Waals surface area (Å²) in [6, 6.07) is 7.40. The Bertz CT molecular complexity index is 502. The molecular weight excluding hydrogens is 232 g/mol. The van der Waals surface area contributed by atoms with Crippen molar-refractivity contribution < 1.29 is 19.1 Å². The maximum absolute atomic E-state index is 11.4. The molecule has 1 aromatic carbocycles. The highest BCUT2D eigenvalue weighted by molar-refractivity contribution is 6.08. The minimum atomic E-state index is -0.565. The quantitative estimate of drug-likeness (QED) is 0.465. The van der Waals surface area contributed by atoms with Crippen LogP contribution in [-0.4, -0.2) is 18.5 Å². The van der Waals surface area contributed by atoms with Gasteiger partial charge in [0.05, 0.1) is 13.0 Å². The first-order valence-electron chi connectivity index (χ1n) is 5.88. The summed E-state index contributed by atoms with van der Waals surface area (Å²) >= 11 is 0. The maximum atomic E-state index is 11.4. The topological polar surface area (TPSA) is 52.6 Å². The standard InChI is InChI=1S/C14H14O4/c1-2-7-17-12-6-4-3-5-10(12)8-11-9-13(15)18-14(11)16/h3-6,8H,2,7,9H2,1H3. The Balaban J connectivity index is 2.25. The summed E-state index contributed by atoms with van der Waals surface area (Å²) in [6.45, 7) is 2.64. The molecule has 94 valence electrons. The van der Waals surface area contributed by atoms with Crippen LogP contribution in [0.5, 0.6) is 5.75 Å². The van der Waals surface area contributed by atoms with Crippen molar-refractivity contribution in [2.24, 2.45) is 0 Å². The van der Waals surface area contributed by atoms with Crippen molar-refractivity contribution in [2.45, 2.75) is 19.8 Å². The highest BCUT2D eigenvalue weighted by atomic mass is 16.6. The van der Waals surface area contributed by atoms with Crippen LogP contribution < -0.4 is 4.74 Å². The Hall–Kier alpha value is -2.10. The van der Waals surface area contributed by atoms with Gasteiger partial charge in [-0.1, -0.05) is 25.1 Å². The zero-order valence-corrected chi connectivity index (χ0v) is 10.1. The Morgan fingerprint density at radius 2 is 2.11 bits per heavy atom. The Kier molecular flexibility index (Phi) is 3.77. The first kappa shape index (κ1) is 12.4. The normalized spacial score (nSPS) is 17.1. The first-order valence-corrected chi connectivity index (χ1v) is 5.88. The van der Waals surface area contributed by atoms with Crippen molar-refractivity contribution in [3.05, 3.63) is 35.4 Å². The van der Waals surface area contributed by atoms with Crippen LogP contribution in [0.15, 0.2) is 29.8 Å². The van der Waals surface area contributed by atoms with E-state index < -0.39 is 11.9 Å². The van der Waals surface area contributed by atoms with Crippen LogP contribution in [-0.2, 0) is 14.3 Å². The lowest BCUT2D eigenvalue weighted by Crippen LogP contribution is -1.98. The number of rotatable bonds is 4. The van der Waals surface area contributed by atoms with Crippen molar-refractivity contribution in [1.82, 2.24) is 0 Å². The van der Waals surface area contributed by atoms with Gasteiger partial charge in [0.1, 0.15) is 5.75 Å². The third-order valence-electron chi connectivity index (χ3n) is 2.51. The van der Waals surface area contributed by atoms with Gasteiger partial charge in [-0.05, 0) is 18.6 Å². The molecule has 0 N–H and O–H groups in total. The third kappa shape index (κ3) is 2.77. The van der Waals surface area contributed by atoms with Gasteiger partial charge >= 0.3 is 11.9 Å². The van der Waals surface area contributed by atoms with E-state index in [4.69, 9.17) is 4.74 Å². The molecule has 1 aliphatic heterocycles. The number of para-hydroxylation sites is 1. The summed E-state index contributed by atoms with van der Waals surface area (Å²) in [5, 5.41) is 0. The van der Waals surface area contributed by atoms with E-state index in [0.29, 0.717) is 17.9 Å². The minimum Gasteiger partial charge on any atom is -0.493 e. The fourth-order valence-electron chi connectivity index (χ4n) is 1.67. The highest BCUT2D eigenvalue weighted by Crippen LogP contribution is 2.24. The molecule has 1 fully saturated rings. The van der Waals surface area contributed by atoms with Crippen LogP contribution in [0.2, 0.25) is 0 Å². The molecule has 0 unspecified atom stereocenters. The summed E-state index contributed by atoms with van der Waals surface area (Å²) in [6.07, 6.45) is 2.59. The fourth-order valence-corrected chi connectivity index (χ4v) is 1.67. The second-order valence-electron chi connectivity index (χ2n) is 3.99. The molecule has 0 saturated carbocycles. The molecule has 4 nitrogen and oxygen atoms in total. The second-order valence-corrected chi connectivity index (χ2v) is 3.99. The zero-order valence-electron chi connectivity index (χ0n) is 10.1. The van der Waals surface area contributed by atoms with E-state index in [2.05, 4.69) is 4.74 Å². The highest BCUT2D eigenvalue weighted by Gasteiger charge is 2.27. The number of carbonyl (C=O) groups excluding carboxylic acids is 2. The van der Waals surface area contributed by atoms with Gasteiger partial charge in [0.2, 0.25) is 0 Å². The van der Waals surface area contributed by atoms with Crippen molar-refractivity contribution in [2.75, 3.05) is 6.61 Å². The molecule has 0 radical (unpaired) electrons. The smallest absolute Gasteiger partial charge is 0.342 e. The molecular formula is C14H14O4.